The van der Waals surface area contributed by atoms with Gasteiger partial charge in [0.25, 0.3) is 0 Å². The summed E-state index contributed by atoms with van der Waals surface area (Å²) in [6.45, 7) is 0. The molecule has 2 nitrogen and oxygen atoms in total. The van der Waals surface area contributed by atoms with E-state index < -0.39 is 0 Å². The van der Waals surface area contributed by atoms with Gasteiger partial charge in [-0.05, 0) is 127 Å². The Morgan fingerprint density at radius 2 is 0.661 bits per heavy atom. The van der Waals surface area contributed by atoms with Gasteiger partial charge in [-0.25, -0.2) is 0 Å². The number of fused-ring (bicyclic) bond motifs is 2. The monoisotopic (exact) mass is 791 g/mol. The quantitative estimate of drug-likeness (QED) is 0.145. The van der Waals surface area contributed by atoms with Gasteiger partial charge in [0.05, 0.1) is 0 Å². The average molecular weight is 792 g/mol. The van der Waals surface area contributed by atoms with Crippen molar-refractivity contribution in [3.05, 3.63) is 249 Å². The molecule has 0 aliphatic carbocycles. The predicted octanol–water partition coefficient (Wildman–Crippen LogP) is 17.1. The molecule has 0 atom stereocenters. The fraction of sp³-hybridized carbons (Fsp3) is 0. The molecule has 11 aromatic rings. The first-order valence-corrected chi connectivity index (χ1v) is 21.1. The first-order valence-electron chi connectivity index (χ1n) is 21.1. The largest absolute Gasteiger partial charge is 0.456 e. The summed E-state index contributed by atoms with van der Waals surface area (Å²) in [4.78, 5) is 2.35. The number of para-hydroxylation sites is 1. The van der Waals surface area contributed by atoms with Crippen LogP contribution in [0.2, 0.25) is 0 Å². The molecule has 10 aromatic carbocycles. The zero-order valence-corrected chi connectivity index (χ0v) is 34.0. The average Bonchev–Trinajstić information content (AvgIpc) is 3.80. The van der Waals surface area contributed by atoms with Crippen LogP contribution in [0.15, 0.2) is 253 Å². The van der Waals surface area contributed by atoms with Crippen molar-refractivity contribution in [1.29, 1.82) is 0 Å². The van der Waals surface area contributed by atoms with E-state index in [2.05, 4.69) is 235 Å². The van der Waals surface area contributed by atoms with Crippen molar-refractivity contribution in [3.63, 3.8) is 0 Å². The minimum Gasteiger partial charge on any atom is -0.456 e. The highest BCUT2D eigenvalue weighted by atomic mass is 16.3. The lowest BCUT2D eigenvalue weighted by molar-refractivity contribution is 0.631. The molecule has 0 saturated carbocycles. The van der Waals surface area contributed by atoms with Gasteiger partial charge in [0.1, 0.15) is 11.3 Å². The van der Waals surface area contributed by atoms with Crippen molar-refractivity contribution in [3.8, 4) is 67.0 Å². The van der Waals surface area contributed by atoms with Gasteiger partial charge in [-0.1, -0.05) is 188 Å². The molecular weight excluding hydrogens is 751 g/mol. The van der Waals surface area contributed by atoms with Gasteiger partial charge in [0, 0.05) is 28.0 Å². The Kier molecular flexibility index (Phi) is 9.57. The molecule has 11 rings (SSSR count). The lowest BCUT2D eigenvalue weighted by atomic mass is 9.94. The van der Waals surface area contributed by atoms with Gasteiger partial charge in [0.15, 0.2) is 0 Å². The summed E-state index contributed by atoms with van der Waals surface area (Å²) in [6.07, 6.45) is 0. The third kappa shape index (κ3) is 7.25. The van der Waals surface area contributed by atoms with E-state index in [0.29, 0.717) is 0 Å². The fourth-order valence-electron chi connectivity index (χ4n) is 8.65. The molecule has 1 heterocycles. The van der Waals surface area contributed by atoms with E-state index in [1.54, 1.807) is 0 Å². The summed E-state index contributed by atoms with van der Waals surface area (Å²) in [5.41, 5.74) is 17.1. The third-order valence-corrected chi connectivity index (χ3v) is 11.9. The molecule has 0 fully saturated rings. The van der Waals surface area contributed by atoms with Crippen molar-refractivity contribution < 1.29 is 4.42 Å². The van der Waals surface area contributed by atoms with Crippen LogP contribution in [0, 0.1) is 0 Å². The number of benzene rings is 10. The molecule has 0 unspecified atom stereocenters. The highest BCUT2D eigenvalue weighted by molar-refractivity contribution is 5.89. The smallest absolute Gasteiger partial charge is 0.135 e. The maximum absolute atomic E-state index is 6.18. The van der Waals surface area contributed by atoms with Gasteiger partial charge in [-0.3, -0.25) is 0 Å². The standard InChI is InChI=1S/C60H41NO/c1-2-12-47(13-3-1)57-18-7-8-19-58(57)48-31-37-56(38-32-48)61(55-35-29-46(30-36-55)51-26-25-42-11-4-5-14-49(42)39-51)54-33-27-44(28-34-54)43-21-23-45(24-22-43)50-16-10-17-52(40-50)60-41-53-15-6-9-20-59(53)62-60/h1-41H. The maximum Gasteiger partial charge on any atom is 0.135 e. The molecule has 0 amide bonds. The van der Waals surface area contributed by atoms with Crippen LogP contribution in [0.5, 0.6) is 0 Å². The van der Waals surface area contributed by atoms with Crippen molar-refractivity contribution in [2.75, 3.05) is 4.90 Å². The van der Waals surface area contributed by atoms with Crippen molar-refractivity contribution in [2.24, 2.45) is 0 Å². The van der Waals surface area contributed by atoms with Gasteiger partial charge >= 0.3 is 0 Å². The number of furan rings is 1. The van der Waals surface area contributed by atoms with Crippen molar-refractivity contribution in [1.82, 2.24) is 0 Å². The molecule has 1 aromatic heterocycles. The van der Waals surface area contributed by atoms with Crippen LogP contribution in [0.3, 0.4) is 0 Å². The minimum atomic E-state index is 0.879. The normalized spacial score (nSPS) is 11.2. The second-order valence-corrected chi connectivity index (χ2v) is 15.8. The van der Waals surface area contributed by atoms with Crippen LogP contribution in [0.1, 0.15) is 0 Å². The van der Waals surface area contributed by atoms with Crippen LogP contribution >= 0.6 is 0 Å². The van der Waals surface area contributed by atoms with Gasteiger partial charge in [-0.15, -0.1) is 0 Å². The van der Waals surface area contributed by atoms with Crippen LogP contribution < -0.4 is 4.90 Å². The summed E-state index contributed by atoms with van der Waals surface area (Å²) in [5.74, 6) is 0.879. The zero-order valence-electron chi connectivity index (χ0n) is 34.0. The van der Waals surface area contributed by atoms with Crippen molar-refractivity contribution in [2.45, 2.75) is 0 Å². The van der Waals surface area contributed by atoms with Crippen molar-refractivity contribution >= 4 is 38.8 Å². The highest BCUT2D eigenvalue weighted by Crippen LogP contribution is 2.40. The van der Waals surface area contributed by atoms with Crippen LogP contribution in [-0.4, -0.2) is 0 Å². The molecule has 292 valence electrons. The van der Waals surface area contributed by atoms with E-state index in [1.807, 2.05) is 18.2 Å². The lowest BCUT2D eigenvalue weighted by Gasteiger charge is -2.26. The molecule has 0 aliphatic rings. The van der Waals surface area contributed by atoms with E-state index in [1.165, 1.54) is 49.7 Å². The predicted molar refractivity (Wildman–Crippen MR) is 261 cm³/mol. The minimum absolute atomic E-state index is 0.879. The summed E-state index contributed by atoms with van der Waals surface area (Å²) in [7, 11) is 0. The Morgan fingerprint density at radius 3 is 1.27 bits per heavy atom. The number of hydrogen-bond acceptors (Lipinski definition) is 2. The SMILES string of the molecule is c1ccc(-c2ccccc2-c2ccc(N(c3ccc(-c4ccc(-c5cccc(-c6cc7ccccc7o6)c5)cc4)cc3)c3ccc(-c4ccc5ccccc5c4)cc3)cc2)cc1. The first-order chi connectivity index (χ1) is 30.7. The number of nitrogens with zero attached hydrogens (tertiary/aromatic N) is 1. The zero-order chi connectivity index (χ0) is 41.2. The van der Waals surface area contributed by atoms with Crippen LogP contribution in [0.4, 0.5) is 17.1 Å². The lowest BCUT2D eigenvalue weighted by Crippen LogP contribution is -2.09. The fourth-order valence-corrected chi connectivity index (χ4v) is 8.65. The molecule has 0 N–H and O–H groups in total. The Labute approximate surface area is 362 Å². The molecule has 0 radical (unpaired) electrons. The van der Waals surface area contributed by atoms with Gasteiger partial charge in [0.2, 0.25) is 0 Å². The van der Waals surface area contributed by atoms with E-state index in [9.17, 15) is 0 Å². The molecule has 0 aliphatic heterocycles. The topological polar surface area (TPSA) is 16.4 Å². The molecule has 2 heteroatoms. The number of anilines is 3. The molecule has 0 saturated heterocycles. The summed E-state index contributed by atoms with van der Waals surface area (Å²) in [5, 5.41) is 3.60. The third-order valence-electron chi connectivity index (χ3n) is 11.9. The maximum atomic E-state index is 6.18. The second kappa shape index (κ2) is 16.1. The molecule has 0 bridgehead atoms. The summed E-state index contributed by atoms with van der Waals surface area (Å²) < 4.78 is 6.18. The highest BCUT2D eigenvalue weighted by Gasteiger charge is 2.15. The van der Waals surface area contributed by atoms with E-state index >= 15 is 0 Å². The van der Waals surface area contributed by atoms with Gasteiger partial charge in [-0.2, -0.15) is 0 Å². The van der Waals surface area contributed by atoms with E-state index in [4.69, 9.17) is 4.42 Å². The van der Waals surface area contributed by atoms with E-state index in [0.717, 1.165) is 56.0 Å². The molecule has 62 heavy (non-hydrogen) atoms. The van der Waals surface area contributed by atoms with Crippen LogP contribution in [0.25, 0.3) is 88.7 Å². The van der Waals surface area contributed by atoms with E-state index in [-0.39, 0.29) is 0 Å². The second-order valence-electron chi connectivity index (χ2n) is 15.8. The van der Waals surface area contributed by atoms with Gasteiger partial charge < -0.3 is 9.32 Å². The Hall–Kier alpha value is -8.20. The molecule has 0 spiro atoms. The summed E-state index contributed by atoms with van der Waals surface area (Å²) in [6, 6.07) is 89.0. The van der Waals surface area contributed by atoms with Crippen LogP contribution in [-0.2, 0) is 0 Å². The Bertz CT molecular complexity index is 3270. The summed E-state index contributed by atoms with van der Waals surface area (Å²) >= 11 is 0. The first kappa shape index (κ1) is 36.8. The Balaban J connectivity index is 0.905. The Morgan fingerprint density at radius 1 is 0.242 bits per heavy atom. The number of hydrogen-bond donors (Lipinski definition) is 0. The molecular formula is C60H41NO. The number of rotatable bonds is 9.